The van der Waals surface area contributed by atoms with Crippen LogP contribution < -0.4 is 14.9 Å². The van der Waals surface area contributed by atoms with Crippen molar-refractivity contribution in [2.75, 3.05) is 19.6 Å². The van der Waals surface area contributed by atoms with Crippen LogP contribution in [0.1, 0.15) is 11.1 Å². The van der Waals surface area contributed by atoms with E-state index in [0.717, 1.165) is 12.1 Å². The predicted octanol–water partition coefficient (Wildman–Crippen LogP) is 4.08. The van der Waals surface area contributed by atoms with Crippen LogP contribution in [0.5, 0.6) is 11.5 Å². The van der Waals surface area contributed by atoms with Gasteiger partial charge in [-0.05, 0) is 30.3 Å². The number of alkyl halides is 3. The first-order valence-corrected chi connectivity index (χ1v) is 7.13. The Morgan fingerprint density at radius 1 is 1.15 bits per heavy atom. The number of hydrogen-bond donors (Lipinski definition) is 1. The average Bonchev–Trinajstić information content (AvgIpc) is 2.60. The second kappa shape index (κ2) is 7.72. The molecule has 0 fully saturated rings. The van der Waals surface area contributed by atoms with Crippen molar-refractivity contribution in [1.82, 2.24) is 0 Å². The van der Waals surface area contributed by atoms with Gasteiger partial charge in [0, 0.05) is 11.6 Å². The SMILES string of the molecule is COc1cc(C=NNc2ccc(C(F)(F)F)cc2)cc([N+](=O)[O-])c1OC. The van der Waals surface area contributed by atoms with Crippen molar-refractivity contribution >= 4 is 17.6 Å². The Balaban J connectivity index is 2.20. The zero-order chi connectivity index (χ0) is 19.3. The Hall–Kier alpha value is -3.30. The van der Waals surface area contributed by atoms with E-state index in [1.807, 2.05) is 0 Å². The summed E-state index contributed by atoms with van der Waals surface area (Å²) in [6.45, 7) is 0. The highest BCUT2D eigenvalue weighted by Crippen LogP contribution is 2.37. The average molecular weight is 369 g/mol. The molecule has 1 N–H and O–H groups in total. The summed E-state index contributed by atoms with van der Waals surface area (Å²) in [6, 6.07) is 6.98. The first kappa shape index (κ1) is 19.0. The lowest BCUT2D eigenvalue weighted by Crippen LogP contribution is -2.04. The molecule has 2 rings (SSSR count). The lowest BCUT2D eigenvalue weighted by Gasteiger charge is -2.09. The van der Waals surface area contributed by atoms with Crippen LogP contribution in [0, 0.1) is 10.1 Å². The summed E-state index contributed by atoms with van der Waals surface area (Å²) in [5, 5.41) is 15.0. The molecule has 0 amide bonds. The van der Waals surface area contributed by atoms with Gasteiger partial charge in [-0.2, -0.15) is 18.3 Å². The summed E-state index contributed by atoms with van der Waals surface area (Å²) in [6.07, 6.45) is -3.15. The van der Waals surface area contributed by atoms with E-state index in [4.69, 9.17) is 9.47 Å². The summed E-state index contributed by atoms with van der Waals surface area (Å²) in [5.41, 5.74) is 2.13. The molecule has 0 atom stereocenters. The van der Waals surface area contributed by atoms with Crippen LogP contribution in [0.3, 0.4) is 0 Å². The van der Waals surface area contributed by atoms with Gasteiger partial charge in [-0.1, -0.05) is 0 Å². The third kappa shape index (κ3) is 4.41. The molecule has 0 spiro atoms. The number of nitro groups is 1. The summed E-state index contributed by atoms with van der Waals surface area (Å²) < 4.78 is 47.5. The Bertz CT molecular complexity index is 821. The molecule has 0 aromatic heterocycles. The van der Waals surface area contributed by atoms with E-state index in [0.29, 0.717) is 11.3 Å². The number of benzene rings is 2. The highest BCUT2D eigenvalue weighted by Gasteiger charge is 2.29. The Labute approximate surface area is 146 Å². The first-order chi connectivity index (χ1) is 12.3. The van der Waals surface area contributed by atoms with Crippen molar-refractivity contribution in [3.63, 3.8) is 0 Å². The van der Waals surface area contributed by atoms with Gasteiger partial charge in [-0.25, -0.2) is 0 Å². The Morgan fingerprint density at radius 3 is 2.31 bits per heavy atom. The fourth-order valence-corrected chi connectivity index (χ4v) is 2.09. The lowest BCUT2D eigenvalue weighted by atomic mass is 10.2. The van der Waals surface area contributed by atoms with Crippen LogP contribution in [0.4, 0.5) is 24.5 Å². The van der Waals surface area contributed by atoms with Crippen LogP contribution in [0.25, 0.3) is 0 Å². The molecule has 2 aromatic rings. The number of nitro benzene ring substituents is 1. The molecule has 0 aliphatic carbocycles. The Morgan fingerprint density at radius 2 is 1.81 bits per heavy atom. The van der Waals surface area contributed by atoms with Gasteiger partial charge in [0.1, 0.15) is 0 Å². The number of anilines is 1. The molecule has 0 heterocycles. The predicted molar refractivity (Wildman–Crippen MR) is 88.9 cm³/mol. The van der Waals surface area contributed by atoms with Crippen molar-refractivity contribution in [3.8, 4) is 11.5 Å². The quantitative estimate of drug-likeness (QED) is 0.471. The van der Waals surface area contributed by atoms with Crippen LogP contribution in [-0.2, 0) is 6.18 Å². The maximum atomic E-state index is 12.5. The van der Waals surface area contributed by atoms with Crippen molar-refractivity contribution in [1.29, 1.82) is 0 Å². The van der Waals surface area contributed by atoms with Crippen molar-refractivity contribution < 1.29 is 27.6 Å². The molecule has 0 aliphatic rings. The number of halogens is 3. The minimum Gasteiger partial charge on any atom is -0.493 e. The number of nitrogens with one attached hydrogen (secondary N) is 1. The van der Waals surface area contributed by atoms with Crippen molar-refractivity contribution in [2.24, 2.45) is 5.10 Å². The molecule has 0 saturated carbocycles. The van der Waals surface area contributed by atoms with Gasteiger partial charge >= 0.3 is 11.9 Å². The van der Waals surface area contributed by atoms with Gasteiger partial charge in [0.2, 0.25) is 5.75 Å². The molecule has 138 valence electrons. The van der Waals surface area contributed by atoms with Gasteiger partial charge in [0.25, 0.3) is 0 Å². The topological polar surface area (TPSA) is 86.0 Å². The van der Waals surface area contributed by atoms with Gasteiger partial charge in [0.05, 0.1) is 36.6 Å². The molecular weight excluding hydrogens is 355 g/mol. The fourth-order valence-electron chi connectivity index (χ4n) is 2.09. The summed E-state index contributed by atoms with van der Waals surface area (Å²) in [4.78, 5) is 10.5. The second-order valence-electron chi connectivity index (χ2n) is 4.98. The van der Waals surface area contributed by atoms with Gasteiger partial charge in [-0.15, -0.1) is 0 Å². The molecule has 0 bridgehead atoms. The normalized spacial score (nSPS) is 11.4. The number of ether oxygens (including phenoxy) is 2. The van der Waals surface area contributed by atoms with E-state index in [9.17, 15) is 23.3 Å². The fraction of sp³-hybridized carbons (Fsp3) is 0.188. The van der Waals surface area contributed by atoms with Crippen LogP contribution in [0.2, 0.25) is 0 Å². The molecule has 7 nitrogen and oxygen atoms in total. The summed E-state index contributed by atoms with van der Waals surface area (Å²) in [5.74, 6) is 0.128. The number of methoxy groups -OCH3 is 2. The third-order valence-electron chi connectivity index (χ3n) is 3.30. The number of hydrogen-bond acceptors (Lipinski definition) is 6. The van der Waals surface area contributed by atoms with Gasteiger partial charge in [-0.3, -0.25) is 15.5 Å². The largest absolute Gasteiger partial charge is 0.493 e. The molecule has 0 saturated heterocycles. The zero-order valence-electron chi connectivity index (χ0n) is 13.7. The first-order valence-electron chi connectivity index (χ1n) is 7.13. The zero-order valence-corrected chi connectivity index (χ0v) is 13.7. The van der Waals surface area contributed by atoms with E-state index in [2.05, 4.69) is 10.5 Å². The minimum atomic E-state index is -4.42. The van der Waals surface area contributed by atoms with Crippen molar-refractivity contribution in [3.05, 3.63) is 57.6 Å². The van der Waals surface area contributed by atoms with Crippen LogP contribution in [0.15, 0.2) is 41.5 Å². The molecule has 0 unspecified atom stereocenters. The molecule has 10 heteroatoms. The van der Waals surface area contributed by atoms with Crippen LogP contribution in [-0.4, -0.2) is 25.4 Å². The van der Waals surface area contributed by atoms with E-state index in [1.54, 1.807) is 0 Å². The number of hydrazone groups is 1. The third-order valence-corrected chi connectivity index (χ3v) is 3.30. The standard InChI is InChI=1S/C16H14F3N3O4/c1-25-14-8-10(7-13(22(23)24)15(14)26-2)9-20-21-12-5-3-11(4-6-12)16(17,18)19/h3-9,21H,1-2H3. The molecular formula is C16H14F3N3O4. The maximum Gasteiger partial charge on any atom is 0.416 e. The maximum absolute atomic E-state index is 12.5. The highest BCUT2D eigenvalue weighted by molar-refractivity contribution is 5.83. The van der Waals surface area contributed by atoms with E-state index in [-0.39, 0.29) is 17.2 Å². The van der Waals surface area contributed by atoms with Gasteiger partial charge in [0.15, 0.2) is 5.75 Å². The van der Waals surface area contributed by atoms with E-state index < -0.39 is 16.7 Å². The van der Waals surface area contributed by atoms with E-state index >= 15 is 0 Å². The highest BCUT2D eigenvalue weighted by atomic mass is 19.4. The molecule has 0 radical (unpaired) electrons. The molecule has 0 aliphatic heterocycles. The summed E-state index contributed by atoms with van der Waals surface area (Å²) >= 11 is 0. The summed E-state index contributed by atoms with van der Waals surface area (Å²) in [7, 11) is 2.62. The lowest BCUT2D eigenvalue weighted by molar-refractivity contribution is -0.385. The number of nitrogens with zero attached hydrogens (tertiary/aromatic N) is 2. The second-order valence-corrected chi connectivity index (χ2v) is 4.98. The smallest absolute Gasteiger partial charge is 0.416 e. The van der Waals surface area contributed by atoms with Gasteiger partial charge < -0.3 is 9.47 Å². The molecule has 26 heavy (non-hydrogen) atoms. The molecule has 2 aromatic carbocycles. The van der Waals surface area contributed by atoms with Crippen LogP contribution >= 0.6 is 0 Å². The number of rotatable bonds is 6. The monoisotopic (exact) mass is 369 g/mol. The van der Waals surface area contributed by atoms with Crippen molar-refractivity contribution in [2.45, 2.75) is 6.18 Å². The minimum absolute atomic E-state index is 0.0228. The Kier molecular flexibility index (Phi) is 5.65. The van der Waals surface area contributed by atoms with E-state index in [1.165, 1.54) is 44.7 Å².